The molecular formula is C18H27NO2S. The molecule has 2 atom stereocenters. The highest BCUT2D eigenvalue weighted by atomic mass is 32.2. The fourth-order valence-corrected chi connectivity index (χ4v) is 3.95. The van der Waals surface area contributed by atoms with Crippen molar-refractivity contribution in [3.05, 3.63) is 30.3 Å². The zero-order valence-corrected chi connectivity index (χ0v) is 14.6. The van der Waals surface area contributed by atoms with E-state index in [0.29, 0.717) is 5.92 Å². The summed E-state index contributed by atoms with van der Waals surface area (Å²) in [6, 6.07) is 10.7. The van der Waals surface area contributed by atoms with Gasteiger partial charge in [-0.15, -0.1) is 11.8 Å². The van der Waals surface area contributed by atoms with Gasteiger partial charge in [0.25, 0.3) is 0 Å². The van der Waals surface area contributed by atoms with Crippen LogP contribution in [0, 0.1) is 5.92 Å². The first-order valence-electron chi connectivity index (χ1n) is 8.08. The first-order valence-corrected chi connectivity index (χ1v) is 9.07. The van der Waals surface area contributed by atoms with Gasteiger partial charge in [-0.3, -0.25) is 9.63 Å². The number of amides is 1. The van der Waals surface area contributed by atoms with E-state index in [0.717, 1.165) is 25.0 Å². The van der Waals surface area contributed by atoms with Crippen LogP contribution in [0.1, 0.15) is 46.5 Å². The summed E-state index contributed by atoms with van der Waals surface area (Å²) in [6.45, 7) is 5.94. The molecule has 2 unspecified atom stereocenters. The van der Waals surface area contributed by atoms with Crippen molar-refractivity contribution in [2.75, 3.05) is 5.75 Å². The molecule has 3 nitrogen and oxygen atoms in total. The van der Waals surface area contributed by atoms with Crippen molar-refractivity contribution < 1.29 is 9.63 Å². The summed E-state index contributed by atoms with van der Waals surface area (Å²) in [5.74, 6) is 1.76. The Bertz CT molecular complexity index is 458. The number of carbonyl (C=O) groups excluding carboxylic acids is 1. The molecule has 0 radical (unpaired) electrons. The Morgan fingerprint density at radius 1 is 1.27 bits per heavy atom. The lowest BCUT2D eigenvalue weighted by Crippen LogP contribution is -2.42. The van der Waals surface area contributed by atoms with E-state index < -0.39 is 0 Å². The Kier molecular flexibility index (Phi) is 6.33. The maximum atomic E-state index is 11.4. The third kappa shape index (κ3) is 5.65. The summed E-state index contributed by atoms with van der Waals surface area (Å²) in [5.41, 5.74) is -0.327. The molecule has 0 N–H and O–H groups in total. The third-order valence-corrected chi connectivity index (χ3v) is 5.07. The van der Waals surface area contributed by atoms with Crippen LogP contribution < -0.4 is 0 Å². The van der Waals surface area contributed by atoms with Crippen molar-refractivity contribution in [1.82, 2.24) is 5.06 Å². The molecule has 0 saturated heterocycles. The maximum Gasteiger partial charge on any atom is 0.233 e. The summed E-state index contributed by atoms with van der Waals surface area (Å²) in [5, 5.41) is 1.55. The van der Waals surface area contributed by atoms with Crippen LogP contribution in [0.3, 0.4) is 0 Å². The summed E-state index contributed by atoms with van der Waals surface area (Å²) >= 11 is 1.91. The second-order valence-corrected chi connectivity index (χ2v) is 8.07. The van der Waals surface area contributed by atoms with Gasteiger partial charge in [-0.1, -0.05) is 24.6 Å². The molecule has 122 valence electrons. The Morgan fingerprint density at radius 3 is 2.64 bits per heavy atom. The topological polar surface area (TPSA) is 29.5 Å². The minimum absolute atomic E-state index is 0.215. The predicted octanol–water partition coefficient (Wildman–Crippen LogP) is 4.53. The molecule has 1 aliphatic rings. The molecule has 2 rings (SSSR count). The van der Waals surface area contributed by atoms with E-state index in [2.05, 4.69) is 24.3 Å². The molecule has 4 heteroatoms. The number of benzene rings is 1. The van der Waals surface area contributed by atoms with Gasteiger partial charge in [0.2, 0.25) is 6.41 Å². The maximum absolute atomic E-state index is 11.4. The van der Waals surface area contributed by atoms with E-state index in [1.165, 1.54) is 17.7 Å². The number of hydrogen-bond acceptors (Lipinski definition) is 3. The number of carbonyl (C=O) groups is 1. The lowest BCUT2D eigenvalue weighted by Gasteiger charge is -2.37. The Hall–Kier alpha value is -1.00. The highest BCUT2D eigenvalue weighted by Crippen LogP contribution is 2.32. The van der Waals surface area contributed by atoms with Crippen LogP contribution in [-0.2, 0) is 9.63 Å². The van der Waals surface area contributed by atoms with E-state index in [-0.39, 0.29) is 11.6 Å². The van der Waals surface area contributed by atoms with Gasteiger partial charge in [0.05, 0.1) is 11.6 Å². The normalized spacial score (nSPS) is 22.3. The number of rotatable bonds is 6. The Morgan fingerprint density at radius 2 is 2.00 bits per heavy atom. The van der Waals surface area contributed by atoms with Crippen molar-refractivity contribution in [3.63, 3.8) is 0 Å². The fraction of sp³-hybridized carbons (Fsp3) is 0.611. The van der Waals surface area contributed by atoms with Crippen LogP contribution in [-0.4, -0.2) is 28.9 Å². The zero-order chi connectivity index (χ0) is 16.0. The van der Waals surface area contributed by atoms with Crippen molar-refractivity contribution in [2.24, 2.45) is 5.92 Å². The quantitative estimate of drug-likeness (QED) is 0.438. The second-order valence-electron chi connectivity index (χ2n) is 6.98. The summed E-state index contributed by atoms with van der Waals surface area (Å²) in [6.07, 6.45) is 5.35. The highest BCUT2D eigenvalue weighted by Gasteiger charge is 2.29. The molecule has 22 heavy (non-hydrogen) atoms. The zero-order valence-electron chi connectivity index (χ0n) is 13.8. The van der Waals surface area contributed by atoms with Crippen molar-refractivity contribution >= 4 is 18.2 Å². The Labute approximate surface area is 138 Å². The second kappa shape index (κ2) is 8.02. The number of thioether (sulfide) groups is 1. The molecular weight excluding hydrogens is 294 g/mol. The van der Waals surface area contributed by atoms with Crippen LogP contribution in [0.2, 0.25) is 0 Å². The van der Waals surface area contributed by atoms with Crippen LogP contribution in [0.25, 0.3) is 0 Å². The van der Waals surface area contributed by atoms with Crippen molar-refractivity contribution in [3.8, 4) is 0 Å². The monoisotopic (exact) mass is 321 g/mol. The van der Waals surface area contributed by atoms with E-state index in [9.17, 15) is 4.79 Å². The molecule has 0 heterocycles. The lowest BCUT2D eigenvalue weighted by atomic mass is 9.87. The van der Waals surface area contributed by atoms with Gasteiger partial charge in [0.1, 0.15) is 0 Å². The van der Waals surface area contributed by atoms with Gasteiger partial charge >= 0.3 is 0 Å². The molecule has 1 aliphatic carbocycles. The van der Waals surface area contributed by atoms with Gasteiger partial charge in [-0.25, -0.2) is 5.06 Å². The van der Waals surface area contributed by atoms with Crippen molar-refractivity contribution in [1.29, 1.82) is 0 Å². The molecule has 1 fully saturated rings. The molecule has 0 spiro atoms. The van der Waals surface area contributed by atoms with Crippen LogP contribution in [0.15, 0.2) is 35.2 Å². The minimum Gasteiger partial charge on any atom is -0.276 e. The molecule has 0 bridgehead atoms. The molecule has 1 amide bonds. The first-order chi connectivity index (χ1) is 10.5. The van der Waals surface area contributed by atoms with E-state index in [1.807, 2.05) is 38.6 Å². The van der Waals surface area contributed by atoms with Crippen molar-refractivity contribution in [2.45, 2.75) is 63.0 Å². The van der Waals surface area contributed by atoms with Gasteiger partial charge in [0, 0.05) is 10.6 Å². The van der Waals surface area contributed by atoms with Gasteiger partial charge in [-0.05, 0) is 58.1 Å². The molecule has 1 aromatic carbocycles. The van der Waals surface area contributed by atoms with Crippen LogP contribution >= 0.6 is 11.8 Å². The average Bonchev–Trinajstić information content (AvgIpc) is 2.51. The molecule has 1 aromatic rings. The fourth-order valence-electron chi connectivity index (χ4n) is 2.87. The van der Waals surface area contributed by atoms with Gasteiger partial charge < -0.3 is 0 Å². The lowest BCUT2D eigenvalue weighted by molar-refractivity contribution is -0.236. The third-order valence-electron chi connectivity index (χ3n) is 3.83. The van der Waals surface area contributed by atoms with E-state index in [1.54, 1.807) is 5.06 Å². The highest BCUT2D eigenvalue weighted by molar-refractivity contribution is 7.99. The number of nitrogens with zero attached hydrogens (tertiary/aromatic N) is 1. The van der Waals surface area contributed by atoms with E-state index >= 15 is 0 Å². The van der Waals surface area contributed by atoms with Gasteiger partial charge in [-0.2, -0.15) is 0 Å². The van der Waals surface area contributed by atoms with Crippen LogP contribution in [0.4, 0.5) is 0 Å². The molecule has 1 saturated carbocycles. The predicted molar refractivity (Wildman–Crippen MR) is 91.7 cm³/mol. The van der Waals surface area contributed by atoms with E-state index in [4.69, 9.17) is 4.84 Å². The SMILES string of the molecule is CC(C)(C)ON(C=O)C1CCCC(CSc2ccccc2)C1. The standard InChI is InChI=1S/C18H27NO2S/c1-18(2,3)21-19(14-20)16-9-7-8-15(12-16)13-22-17-10-5-4-6-11-17/h4-6,10-11,14-16H,7-9,12-13H2,1-3H3. The van der Waals surface area contributed by atoms with Crippen LogP contribution in [0.5, 0.6) is 0 Å². The summed E-state index contributed by atoms with van der Waals surface area (Å²) in [7, 11) is 0. The number of hydrogen-bond donors (Lipinski definition) is 0. The Balaban J connectivity index is 1.86. The summed E-state index contributed by atoms with van der Waals surface area (Å²) in [4.78, 5) is 18.5. The smallest absolute Gasteiger partial charge is 0.233 e. The average molecular weight is 321 g/mol. The van der Waals surface area contributed by atoms with Gasteiger partial charge in [0.15, 0.2) is 0 Å². The molecule has 0 aliphatic heterocycles. The largest absolute Gasteiger partial charge is 0.276 e. The molecule has 0 aromatic heterocycles. The minimum atomic E-state index is -0.327. The number of hydroxylamine groups is 2. The summed E-state index contributed by atoms with van der Waals surface area (Å²) < 4.78 is 0. The first kappa shape index (κ1) is 17.4.